The second kappa shape index (κ2) is 6.33. The summed E-state index contributed by atoms with van der Waals surface area (Å²) in [6.45, 7) is 2.56. The van der Waals surface area contributed by atoms with Crippen molar-refractivity contribution < 1.29 is 13.6 Å². The number of aryl methyl sites for hydroxylation is 1. The van der Waals surface area contributed by atoms with E-state index < -0.39 is 11.6 Å². The molecule has 3 rings (SSSR count). The Labute approximate surface area is 137 Å². The summed E-state index contributed by atoms with van der Waals surface area (Å²) in [6.07, 6.45) is 0.754. The van der Waals surface area contributed by atoms with Crippen LogP contribution in [0.1, 0.15) is 33.4 Å². The van der Waals surface area contributed by atoms with Crippen LogP contribution in [0, 0.1) is 18.6 Å². The summed E-state index contributed by atoms with van der Waals surface area (Å²) >= 11 is 1.30. The number of thiazole rings is 1. The third-order valence-corrected chi connectivity index (χ3v) is 5.13. The number of halogens is 2. The normalized spacial score (nSPS) is 21.6. The average molecular weight is 337 g/mol. The number of rotatable bonds is 3. The molecule has 2 aromatic rings. The lowest BCUT2D eigenvalue weighted by Crippen LogP contribution is -2.39. The molecule has 1 aliphatic rings. The molecule has 1 fully saturated rings. The Hall–Kier alpha value is -1.86. The molecule has 1 aromatic heterocycles. The van der Waals surface area contributed by atoms with Gasteiger partial charge in [0.25, 0.3) is 5.91 Å². The van der Waals surface area contributed by atoms with E-state index in [4.69, 9.17) is 0 Å². The molecule has 1 amide bonds. The maximum Gasteiger partial charge on any atom is 0.263 e. The number of amides is 1. The van der Waals surface area contributed by atoms with Crippen molar-refractivity contribution >= 4 is 17.2 Å². The van der Waals surface area contributed by atoms with Crippen molar-refractivity contribution in [3.05, 3.63) is 51.5 Å². The second-order valence-corrected chi connectivity index (χ2v) is 6.59. The summed E-state index contributed by atoms with van der Waals surface area (Å²) in [5.41, 5.74) is 3.00. The molecule has 2 atom stereocenters. The zero-order valence-corrected chi connectivity index (χ0v) is 13.7. The minimum Gasteiger partial charge on any atom is -0.347 e. The molecule has 1 saturated heterocycles. The third-order valence-electron chi connectivity index (χ3n) is 4.20. The van der Waals surface area contributed by atoms with Crippen molar-refractivity contribution in [2.75, 3.05) is 13.6 Å². The molecule has 4 nitrogen and oxygen atoms in total. The minimum atomic E-state index is -0.869. The quantitative estimate of drug-likeness (QED) is 0.937. The number of carbonyl (C=O) groups excluding carboxylic acids is 1. The van der Waals surface area contributed by atoms with E-state index in [9.17, 15) is 13.6 Å². The lowest BCUT2D eigenvalue weighted by molar-refractivity contribution is 0.0931. The van der Waals surface area contributed by atoms with E-state index >= 15 is 0 Å². The Morgan fingerprint density at radius 3 is 2.83 bits per heavy atom. The highest BCUT2D eigenvalue weighted by Crippen LogP contribution is 2.32. The number of likely N-dealkylation sites (tertiary alicyclic amines) is 1. The van der Waals surface area contributed by atoms with Crippen molar-refractivity contribution in [2.45, 2.75) is 25.4 Å². The van der Waals surface area contributed by atoms with Gasteiger partial charge in [0.05, 0.1) is 23.3 Å². The predicted molar refractivity (Wildman–Crippen MR) is 84.5 cm³/mol. The molecule has 0 spiro atoms. The zero-order valence-electron chi connectivity index (χ0n) is 12.8. The van der Waals surface area contributed by atoms with Crippen LogP contribution in [0.3, 0.4) is 0 Å². The fourth-order valence-electron chi connectivity index (χ4n) is 3.03. The van der Waals surface area contributed by atoms with Gasteiger partial charge in [0, 0.05) is 6.54 Å². The molecule has 7 heteroatoms. The number of nitrogens with one attached hydrogen (secondary N) is 1. The smallest absolute Gasteiger partial charge is 0.263 e. The molecule has 1 aromatic carbocycles. The third kappa shape index (κ3) is 3.11. The van der Waals surface area contributed by atoms with Gasteiger partial charge in [-0.3, -0.25) is 9.69 Å². The zero-order chi connectivity index (χ0) is 16.6. The number of hydrogen-bond donors (Lipinski definition) is 1. The maximum atomic E-state index is 13.5. The van der Waals surface area contributed by atoms with Gasteiger partial charge < -0.3 is 5.32 Å². The van der Waals surface area contributed by atoms with E-state index in [0.717, 1.165) is 19.0 Å². The van der Waals surface area contributed by atoms with Gasteiger partial charge in [-0.1, -0.05) is 6.07 Å². The SMILES string of the molecule is Cc1ncsc1C(=O)NC1CCN(C)C1c1ccc(F)c(F)c1. The van der Waals surface area contributed by atoms with Gasteiger partial charge in [0.1, 0.15) is 4.88 Å². The topological polar surface area (TPSA) is 45.2 Å². The van der Waals surface area contributed by atoms with Gasteiger partial charge >= 0.3 is 0 Å². The van der Waals surface area contributed by atoms with Crippen molar-refractivity contribution in [2.24, 2.45) is 0 Å². The van der Waals surface area contributed by atoms with Gasteiger partial charge in [-0.05, 0) is 38.1 Å². The lowest BCUT2D eigenvalue weighted by Gasteiger charge is -2.26. The van der Waals surface area contributed by atoms with Gasteiger partial charge in [-0.15, -0.1) is 11.3 Å². The summed E-state index contributed by atoms with van der Waals surface area (Å²) in [4.78, 5) is 19.1. The summed E-state index contributed by atoms with van der Waals surface area (Å²) < 4.78 is 26.7. The van der Waals surface area contributed by atoms with Gasteiger partial charge in [-0.2, -0.15) is 0 Å². The van der Waals surface area contributed by atoms with Gasteiger partial charge in [-0.25, -0.2) is 13.8 Å². The number of hydrogen-bond acceptors (Lipinski definition) is 4. The highest BCUT2D eigenvalue weighted by molar-refractivity contribution is 7.11. The lowest BCUT2D eigenvalue weighted by atomic mass is 10.00. The van der Waals surface area contributed by atoms with Crippen LogP contribution in [-0.2, 0) is 0 Å². The van der Waals surface area contributed by atoms with E-state index in [0.29, 0.717) is 16.1 Å². The molecule has 0 bridgehead atoms. The van der Waals surface area contributed by atoms with E-state index in [1.54, 1.807) is 18.5 Å². The van der Waals surface area contributed by atoms with Crippen LogP contribution in [0.4, 0.5) is 8.78 Å². The highest BCUT2D eigenvalue weighted by atomic mass is 32.1. The average Bonchev–Trinajstić information content (AvgIpc) is 3.08. The fraction of sp³-hybridized carbons (Fsp3) is 0.375. The minimum absolute atomic E-state index is 0.154. The molecule has 1 aliphatic heterocycles. The van der Waals surface area contributed by atoms with Crippen molar-refractivity contribution in [1.82, 2.24) is 15.2 Å². The van der Waals surface area contributed by atoms with E-state index in [1.807, 2.05) is 11.9 Å². The molecule has 0 radical (unpaired) electrons. The van der Waals surface area contributed by atoms with Crippen LogP contribution in [0.15, 0.2) is 23.7 Å². The molecule has 23 heavy (non-hydrogen) atoms. The van der Waals surface area contributed by atoms with E-state index in [-0.39, 0.29) is 18.0 Å². The predicted octanol–water partition coefficient (Wildman–Crippen LogP) is 2.90. The first-order chi connectivity index (χ1) is 11.0. The second-order valence-electron chi connectivity index (χ2n) is 5.73. The van der Waals surface area contributed by atoms with Crippen molar-refractivity contribution in [3.8, 4) is 0 Å². The largest absolute Gasteiger partial charge is 0.347 e. The first kappa shape index (κ1) is 16.0. The van der Waals surface area contributed by atoms with Gasteiger partial charge in [0.2, 0.25) is 0 Å². The number of aromatic nitrogens is 1. The summed E-state index contributed by atoms with van der Waals surface area (Å²) in [7, 11) is 1.91. The van der Waals surface area contributed by atoms with Crippen molar-refractivity contribution in [1.29, 1.82) is 0 Å². The number of likely N-dealkylation sites (N-methyl/N-ethyl adjacent to an activating group) is 1. The molecule has 122 valence electrons. The Bertz CT molecular complexity index is 734. The maximum absolute atomic E-state index is 13.5. The van der Waals surface area contributed by atoms with Gasteiger partial charge in [0.15, 0.2) is 11.6 Å². The number of carbonyl (C=O) groups is 1. The first-order valence-corrected chi connectivity index (χ1v) is 8.21. The molecule has 0 saturated carbocycles. The fourth-order valence-corrected chi connectivity index (χ4v) is 3.74. The number of nitrogens with zero attached hydrogens (tertiary/aromatic N) is 2. The molecular formula is C16H17F2N3OS. The van der Waals surface area contributed by atoms with Crippen LogP contribution in [0.25, 0.3) is 0 Å². The van der Waals surface area contributed by atoms with Crippen molar-refractivity contribution in [3.63, 3.8) is 0 Å². The Morgan fingerprint density at radius 1 is 1.39 bits per heavy atom. The molecule has 2 heterocycles. The Kier molecular flexibility index (Phi) is 4.41. The van der Waals surface area contributed by atoms with Crippen LogP contribution in [-0.4, -0.2) is 35.4 Å². The van der Waals surface area contributed by atoms with Crippen LogP contribution < -0.4 is 5.32 Å². The molecule has 2 unspecified atom stereocenters. The molecular weight excluding hydrogens is 320 g/mol. The molecule has 1 N–H and O–H groups in total. The summed E-state index contributed by atoms with van der Waals surface area (Å²) in [5.74, 6) is -1.90. The highest BCUT2D eigenvalue weighted by Gasteiger charge is 2.35. The first-order valence-electron chi connectivity index (χ1n) is 7.33. The standard InChI is InChI=1S/C16H17F2N3OS/c1-9-15(23-8-19-9)16(22)20-13-5-6-21(2)14(13)10-3-4-11(17)12(18)7-10/h3-4,7-8,13-14H,5-6H2,1-2H3,(H,20,22). The molecule has 0 aliphatic carbocycles. The summed E-state index contributed by atoms with van der Waals surface area (Å²) in [5, 5.41) is 3.01. The van der Waals surface area contributed by atoms with Crippen LogP contribution in [0.5, 0.6) is 0 Å². The summed E-state index contributed by atoms with van der Waals surface area (Å²) in [6, 6.07) is 3.57. The number of benzene rings is 1. The van der Waals surface area contributed by atoms with E-state index in [2.05, 4.69) is 10.3 Å². The Balaban J connectivity index is 1.82. The van der Waals surface area contributed by atoms with Crippen LogP contribution in [0.2, 0.25) is 0 Å². The van der Waals surface area contributed by atoms with Crippen LogP contribution >= 0.6 is 11.3 Å². The van der Waals surface area contributed by atoms with E-state index in [1.165, 1.54) is 17.4 Å². The Morgan fingerprint density at radius 2 is 2.17 bits per heavy atom. The monoisotopic (exact) mass is 337 g/mol.